The summed E-state index contributed by atoms with van der Waals surface area (Å²) in [5.74, 6) is 4.88. The van der Waals surface area contributed by atoms with Crippen molar-refractivity contribution in [1.29, 1.82) is 0 Å². The van der Waals surface area contributed by atoms with E-state index < -0.39 is 0 Å². The van der Waals surface area contributed by atoms with E-state index in [1.54, 1.807) is 0 Å². The lowest BCUT2D eigenvalue weighted by Gasteiger charge is -1.91. The molecule has 0 fully saturated rings. The zero-order valence-corrected chi connectivity index (χ0v) is 4.68. The molecule has 0 aromatic rings. The Morgan fingerprint density at radius 2 is 2.29 bits per heavy atom. The Balaban J connectivity index is 3.08. The van der Waals surface area contributed by atoms with E-state index in [9.17, 15) is 0 Å². The maximum Gasteiger partial charge on any atom is 0.0967 e. The van der Waals surface area contributed by atoms with Crippen molar-refractivity contribution in [3.05, 3.63) is 0 Å². The van der Waals surface area contributed by atoms with Gasteiger partial charge in [0.15, 0.2) is 0 Å². The summed E-state index contributed by atoms with van der Waals surface area (Å²) in [6, 6.07) is 0.330. The molecule has 0 amide bonds. The Kier molecular flexibility index (Phi) is 3.32. The highest BCUT2D eigenvalue weighted by Crippen LogP contribution is 1.79. The van der Waals surface area contributed by atoms with Gasteiger partial charge in [-0.2, -0.15) is 0 Å². The van der Waals surface area contributed by atoms with Crippen molar-refractivity contribution in [2.24, 2.45) is 10.8 Å². The predicted molar refractivity (Wildman–Crippen MR) is 31.0 cm³/mol. The maximum absolute atomic E-state index is 4.88. The molecule has 3 heteroatoms. The van der Waals surface area contributed by atoms with E-state index in [1.807, 2.05) is 13.8 Å². The number of nitrogens with one attached hydrogen (secondary N) is 1. The van der Waals surface area contributed by atoms with Crippen molar-refractivity contribution < 1.29 is 0 Å². The number of hydrogen-bond donors (Lipinski definition) is 2. The summed E-state index contributed by atoms with van der Waals surface area (Å²) in [4.78, 5) is 3.88. The minimum atomic E-state index is 0.330. The molecule has 0 aromatic carbocycles. The third kappa shape index (κ3) is 5.43. The monoisotopic (exact) mass is 101 g/mol. The lowest BCUT2D eigenvalue weighted by atomic mass is 10.4. The fourth-order valence-electron chi connectivity index (χ4n) is 0.192. The quantitative estimate of drug-likeness (QED) is 0.220. The number of hydrazine groups is 1. The van der Waals surface area contributed by atoms with E-state index in [0.717, 1.165) is 0 Å². The highest BCUT2D eigenvalue weighted by Gasteiger charge is 1.78. The molecular weight excluding hydrogens is 90.1 g/mol. The van der Waals surface area contributed by atoms with Crippen molar-refractivity contribution in [2.45, 2.75) is 19.9 Å². The number of aliphatic imine (C=N–C) groups is 1. The Bertz CT molecular complexity index is 58.0. The van der Waals surface area contributed by atoms with Gasteiger partial charge in [0, 0.05) is 6.04 Å². The largest absolute Gasteiger partial charge is 0.315 e. The van der Waals surface area contributed by atoms with Crippen LogP contribution in [-0.2, 0) is 0 Å². The van der Waals surface area contributed by atoms with Crippen LogP contribution in [0.1, 0.15) is 13.8 Å². The minimum Gasteiger partial charge on any atom is -0.315 e. The van der Waals surface area contributed by atoms with Gasteiger partial charge in [-0.25, -0.2) is 5.84 Å². The average Bonchev–Trinajstić information content (AvgIpc) is 1.61. The van der Waals surface area contributed by atoms with Crippen LogP contribution in [0.3, 0.4) is 0 Å². The predicted octanol–water partition coefficient (Wildman–Crippen LogP) is -0.114. The molecule has 0 aliphatic carbocycles. The highest BCUT2D eigenvalue weighted by molar-refractivity contribution is 5.53. The molecular formula is C4H11N3. The van der Waals surface area contributed by atoms with Crippen molar-refractivity contribution >= 4 is 6.34 Å². The van der Waals surface area contributed by atoms with E-state index in [0.29, 0.717) is 6.04 Å². The molecule has 42 valence electrons. The van der Waals surface area contributed by atoms with Gasteiger partial charge >= 0.3 is 0 Å². The molecule has 0 unspecified atom stereocenters. The van der Waals surface area contributed by atoms with Crippen LogP contribution in [0.5, 0.6) is 0 Å². The SMILES string of the molecule is CC(C)N=CNN. The van der Waals surface area contributed by atoms with Gasteiger partial charge in [0.1, 0.15) is 0 Å². The summed E-state index contributed by atoms with van der Waals surface area (Å²) in [7, 11) is 0. The summed E-state index contributed by atoms with van der Waals surface area (Å²) < 4.78 is 0. The first-order valence-corrected chi connectivity index (χ1v) is 2.25. The van der Waals surface area contributed by atoms with E-state index >= 15 is 0 Å². The number of rotatable bonds is 2. The lowest BCUT2D eigenvalue weighted by Crippen LogP contribution is -2.19. The highest BCUT2D eigenvalue weighted by atomic mass is 15.2. The molecule has 7 heavy (non-hydrogen) atoms. The second kappa shape index (κ2) is 3.61. The fraction of sp³-hybridized carbons (Fsp3) is 0.750. The molecule has 0 saturated heterocycles. The molecule has 0 radical (unpaired) electrons. The Labute approximate surface area is 43.6 Å². The number of nitrogens with zero attached hydrogens (tertiary/aromatic N) is 1. The first kappa shape index (κ1) is 6.43. The van der Waals surface area contributed by atoms with Gasteiger partial charge in [0.05, 0.1) is 6.34 Å². The summed E-state index contributed by atoms with van der Waals surface area (Å²) in [6.45, 7) is 3.96. The third-order valence-electron chi connectivity index (χ3n) is 0.447. The third-order valence-corrected chi connectivity index (χ3v) is 0.447. The Morgan fingerprint density at radius 1 is 1.71 bits per heavy atom. The van der Waals surface area contributed by atoms with E-state index in [2.05, 4.69) is 10.4 Å². The first-order chi connectivity index (χ1) is 3.27. The molecule has 0 aliphatic rings. The van der Waals surface area contributed by atoms with Gasteiger partial charge < -0.3 is 5.43 Å². The van der Waals surface area contributed by atoms with Crippen LogP contribution in [0, 0.1) is 0 Å². The lowest BCUT2D eigenvalue weighted by molar-refractivity contribution is 0.829. The summed E-state index contributed by atoms with van der Waals surface area (Å²) >= 11 is 0. The van der Waals surface area contributed by atoms with Crippen molar-refractivity contribution in [2.75, 3.05) is 0 Å². The molecule has 0 rings (SSSR count). The zero-order valence-electron chi connectivity index (χ0n) is 4.68. The summed E-state index contributed by atoms with van der Waals surface area (Å²) in [6.07, 6.45) is 1.48. The van der Waals surface area contributed by atoms with Gasteiger partial charge in [-0.3, -0.25) is 4.99 Å². The minimum absolute atomic E-state index is 0.330. The second-order valence-corrected chi connectivity index (χ2v) is 1.54. The topological polar surface area (TPSA) is 50.4 Å². The van der Waals surface area contributed by atoms with Crippen LogP contribution in [-0.4, -0.2) is 12.4 Å². The zero-order chi connectivity index (χ0) is 5.70. The van der Waals surface area contributed by atoms with Crippen LogP contribution in [0.15, 0.2) is 4.99 Å². The Hall–Kier alpha value is -0.570. The van der Waals surface area contributed by atoms with E-state index in [-0.39, 0.29) is 0 Å². The van der Waals surface area contributed by atoms with Gasteiger partial charge in [0.25, 0.3) is 0 Å². The van der Waals surface area contributed by atoms with E-state index in [4.69, 9.17) is 5.84 Å². The smallest absolute Gasteiger partial charge is 0.0967 e. The molecule has 0 spiro atoms. The molecule has 0 aromatic heterocycles. The summed E-state index contributed by atoms with van der Waals surface area (Å²) in [5.41, 5.74) is 2.31. The maximum atomic E-state index is 4.88. The normalized spacial score (nSPS) is 10.9. The average molecular weight is 101 g/mol. The van der Waals surface area contributed by atoms with Gasteiger partial charge in [-0.1, -0.05) is 0 Å². The van der Waals surface area contributed by atoms with Crippen molar-refractivity contribution in [1.82, 2.24) is 5.43 Å². The standard InChI is InChI=1S/C4H11N3/c1-4(2)6-3-7-5/h3-4H,5H2,1-2H3,(H,6,7). The molecule has 0 heterocycles. The molecule has 3 N–H and O–H groups in total. The number of nitrogens with two attached hydrogens (primary N) is 1. The summed E-state index contributed by atoms with van der Waals surface area (Å²) in [5, 5.41) is 0. The van der Waals surface area contributed by atoms with E-state index in [1.165, 1.54) is 6.34 Å². The van der Waals surface area contributed by atoms with Gasteiger partial charge in [0.2, 0.25) is 0 Å². The second-order valence-electron chi connectivity index (χ2n) is 1.54. The molecule has 0 aliphatic heterocycles. The molecule has 0 atom stereocenters. The van der Waals surface area contributed by atoms with Crippen LogP contribution in [0.25, 0.3) is 0 Å². The van der Waals surface area contributed by atoms with Crippen LogP contribution in [0.2, 0.25) is 0 Å². The van der Waals surface area contributed by atoms with Crippen LogP contribution < -0.4 is 11.3 Å². The van der Waals surface area contributed by atoms with Crippen LogP contribution >= 0.6 is 0 Å². The Morgan fingerprint density at radius 3 is 2.43 bits per heavy atom. The number of hydrogen-bond acceptors (Lipinski definition) is 2. The molecule has 3 nitrogen and oxygen atoms in total. The van der Waals surface area contributed by atoms with Gasteiger partial charge in [-0.15, -0.1) is 0 Å². The molecule has 0 bridgehead atoms. The van der Waals surface area contributed by atoms with Gasteiger partial charge in [-0.05, 0) is 13.8 Å². The van der Waals surface area contributed by atoms with Crippen molar-refractivity contribution in [3.63, 3.8) is 0 Å². The molecule has 0 saturated carbocycles. The van der Waals surface area contributed by atoms with Crippen LogP contribution in [0.4, 0.5) is 0 Å². The fourth-order valence-corrected chi connectivity index (χ4v) is 0.192. The van der Waals surface area contributed by atoms with Crippen molar-refractivity contribution in [3.8, 4) is 0 Å². The first-order valence-electron chi connectivity index (χ1n) is 2.25.